The molecule has 108 valence electrons. The molecule has 2 N–H and O–H groups in total. The number of aliphatic hydroxyl groups excluding tert-OH is 1. The maximum absolute atomic E-state index is 9.05. The predicted octanol–water partition coefficient (Wildman–Crippen LogP) is 2.35. The Labute approximate surface area is 116 Å². The van der Waals surface area contributed by atoms with Gasteiger partial charge in [-0.25, -0.2) is 4.98 Å². The molecule has 1 unspecified atom stereocenters. The SMILES string of the molecule is CCNC(C)c1cccnc1N(CCCO)C(C)C. The highest BCUT2D eigenvalue weighted by Crippen LogP contribution is 2.25. The zero-order valence-corrected chi connectivity index (χ0v) is 12.6. The molecule has 1 aromatic heterocycles. The van der Waals surface area contributed by atoms with E-state index in [1.54, 1.807) is 0 Å². The second kappa shape index (κ2) is 8.12. The molecule has 0 spiro atoms. The molecule has 1 aromatic rings. The molecule has 0 fully saturated rings. The first kappa shape index (κ1) is 15.9. The summed E-state index contributed by atoms with van der Waals surface area (Å²) in [6.45, 7) is 10.6. The molecule has 0 aliphatic rings. The van der Waals surface area contributed by atoms with E-state index in [9.17, 15) is 0 Å². The number of aliphatic hydroxyl groups is 1. The fourth-order valence-electron chi connectivity index (χ4n) is 2.25. The smallest absolute Gasteiger partial charge is 0.133 e. The third-order valence-corrected chi connectivity index (χ3v) is 3.25. The van der Waals surface area contributed by atoms with Crippen LogP contribution in [0, 0.1) is 0 Å². The first-order valence-corrected chi connectivity index (χ1v) is 7.17. The van der Waals surface area contributed by atoms with Crippen molar-refractivity contribution in [3.63, 3.8) is 0 Å². The van der Waals surface area contributed by atoms with E-state index in [2.05, 4.69) is 49.0 Å². The Morgan fingerprint density at radius 1 is 1.37 bits per heavy atom. The van der Waals surface area contributed by atoms with Crippen molar-refractivity contribution in [2.24, 2.45) is 0 Å². The molecule has 1 atom stereocenters. The summed E-state index contributed by atoms with van der Waals surface area (Å²) in [5.74, 6) is 1.03. The molecular weight excluding hydrogens is 238 g/mol. The molecule has 4 heteroatoms. The largest absolute Gasteiger partial charge is 0.396 e. The van der Waals surface area contributed by atoms with E-state index >= 15 is 0 Å². The van der Waals surface area contributed by atoms with Gasteiger partial charge in [0.05, 0.1) is 0 Å². The number of hydrogen-bond donors (Lipinski definition) is 2. The van der Waals surface area contributed by atoms with E-state index in [4.69, 9.17) is 5.11 Å². The molecule has 19 heavy (non-hydrogen) atoms. The van der Waals surface area contributed by atoms with Gasteiger partial charge < -0.3 is 15.3 Å². The molecule has 0 radical (unpaired) electrons. The van der Waals surface area contributed by atoms with Crippen molar-refractivity contribution in [2.75, 3.05) is 24.6 Å². The maximum Gasteiger partial charge on any atom is 0.133 e. The lowest BCUT2D eigenvalue weighted by Gasteiger charge is -2.31. The summed E-state index contributed by atoms with van der Waals surface area (Å²) in [4.78, 5) is 6.82. The predicted molar refractivity (Wildman–Crippen MR) is 80.5 cm³/mol. The molecule has 0 aliphatic heterocycles. The van der Waals surface area contributed by atoms with Crippen LogP contribution in [0.4, 0.5) is 5.82 Å². The molecule has 0 aromatic carbocycles. The summed E-state index contributed by atoms with van der Waals surface area (Å²) >= 11 is 0. The Morgan fingerprint density at radius 3 is 2.68 bits per heavy atom. The topological polar surface area (TPSA) is 48.4 Å². The van der Waals surface area contributed by atoms with Crippen LogP contribution in [0.5, 0.6) is 0 Å². The van der Waals surface area contributed by atoms with Crippen LogP contribution in [0.3, 0.4) is 0 Å². The number of pyridine rings is 1. The minimum absolute atomic E-state index is 0.216. The molecular formula is C15H27N3O. The Hall–Kier alpha value is -1.13. The summed E-state index contributed by atoms with van der Waals surface area (Å²) in [5.41, 5.74) is 1.22. The second-order valence-corrected chi connectivity index (χ2v) is 5.06. The van der Waals surface area contributed by atoms with Crippen LogP contribution in [0.2, 0.25) is 0 Å². The van der Waals surface area contributed by atoms with Crippen LogP contribution in [-0.4, -0.2) is 35.8 Å². The highest BCUT2D eigenvalue weighted by Gasteiger charge is 2.18. The minimum Gasteiger partial charge on any atom is -0.396 e. The van der Waals surface area contributed by atoms with E-state index in [1.165, 1.54) is 5.56 Å². The Morgan fingerprint density at radius 2 is 2.11 bits per heavy atom. The summed E-state index contributed by atoms with van der Waals surface area (Å²) in [7, 11) is 0. The van der Waals surface area contributed by atoms with Crippen LogP contribution in [-0.2, 0) is 0 Å². The lowest BCUT2D eigenvalue weighted by molar-refractivity contribution is 0.288. The van der Waals surface area contributed by atoms with Gasteiger partial charge in [0.1, 0.15) is 5.82 Å². The number of aromatic nitrogens is 1. The van der Waals surface area contributed by atoms with Gasteiger partial charge in [-0.15, -0.1) is 0 Å². The highest BCUT2D eigenvalue weighted by atomic mass is 16.3. The van der Waals surface area contributed by atoms with Crippen molar-refractivity contribution in [3.05, 3.63) is 23.9 Å². The summed E-state index contributed by atoms with van der Waals surface area (Å²) < 4.78 is 0. The molecule has 0 aliphatic carbocycles. The van der Waals surface area contributed by atoms with Crippen molar-refractivity contribution in [1.29, 1.82) is 0 Å². The monoisotopic (exact) mass is 265 g/mol. The number of hydrogen-bond acceptors (Lipinski definition) is 4. The molecule has 0 saturated heterocycles. The average molecular weight is 265 g/mol. The average Bonchev–Trinajstić information content (AvgIpc) is 2.39. The van der Waals surface area contributed by atoms with Gasteiger partial charge in [-0.2, -0.15) is 0 Å². The van der Waals surface area contributed by atoms with Gasteiger partial charge in [-0.3, -0.25) is 0 Å². The van der Waals surface area contributed by atoms with Crippen molar-refractivity contribution < 1.29 is 5.11 Å². The Balaban J connectivity index is 3.01. The standard InChI is InChI=1S/C15H27N3O/c1-5-16-13(4)14-8-6-9-17-15(14)18(12(2)3)10-7-11-19/h6,8-9,12-13,16,19H,5,7,10-11H2,1-4H3. The summed E-state index contributed by atoms with van der Waals surface area (Å²) in [6, 6.07) is 4.76. The van der Waals surface area contributed by atoms with Gasteiger partial charge in [-0.1, -0.05) is 13.0 Å². The van der Waals surface area contributed by atoms with Crippen LogP contribution in [0.25, 0.3) is 0 Å². The van der Waals surface area contributed by atoms with Crippen molar-refractivity contribution in [2.45, 2.75) is 46.2 Å². The lowest BCUT2D eigenvalue weighted by Crippen LogP contribution is -2.34. The first-order valence-electron chi connectivity index (χ1n) is 7.17. The number of nitrogens with zero attached hydrogens (tertiary/aromatic N) is 2. The van der Waals surface area contributed by atoms with E-state index in [0.29, 0.717) is 6.04 Å². The fourth-order valence-corrected chi connectivity index (χ4v) is 2.25. The Bertz CT molecular complexity index is 368. The van der Waals surface area contributed by atoms with Crippen molar-refractivity contribution in [1.82, 2.24) is 10.3 Å². The van der Waals surface area contributed by atoms with Gasteiger partial charge in [0.2, 0.25) is 0 Å². The molecule has 0 bridgehead atoms. The molecule has 0 saturated carbocycles. The number of anilines is 1. The number of rotatable bonds is 8. The van der Waals surface area contributed by atoms with E-state index < -0.39 is 0 Å². The van der Waals surface area contributed by atoms with Gasteiger partial charge in [0, 0.05) is 37.0 Å². The van der Waals surface area contributed by atoms with Crippen molar-refractivity contribution >= 4 is 5.82 Å². The zero-order chi connectivity index (χ0) is 14.3. The third kappa shape index (κ3) is 4.48. The minimum atomic E-state index is 0.216. The van der Waals surface area contributed by atoms with Crippen LogP contribution < -0.4 is 10.2 Å². The van der Waals surface area contributed by atoms with Crippen molar-refractivity contribution in [3.8, 4) is 0 Å². The van der Waals surface area contributed by atoms with E-state index in [1.807, 2.05) is 12.3 Å². The van der Waals surface area contributed by atoms with Crippen LogP contribution in [0.15, 0.2) is 18.3 Å². The zero-order valence-electron chi connectivity index (χ0n) is 12.6. The summed E-state index contributed by atoms with van der Waals surface area (Å²) in [5, 5.41) is 12.5. The van der Waals surface area contributed by atoms with E-state index in [-0.39, 0.29) is 12.6 Å². The summed E-state index contributed by atoms with van der Waals surface area (Å²) in [6.07, 6.45) is 2.61. The van der Waals surface area contributed by atoms with Gasteiger partial charge in [0.25, 0.3) is 0 Å². The molecule has 0 amide bonds. The van der Waals surface area contributed by atoms with Gasteiger partial charge in [0.15, 0.2) is 0 Å². The van der Waals surface area contributed by atoms with Crippen LogP contribution in [0.1, 0.15) is 45.7 Å². The van der Waals surface area contributed by atoms with E-state index in [0.717, 1.165) is 25.3 Å². The maximum atomic E-state index is 9.05. The molecule has 1 heterocycles. The number of nitrogens with one attached hydrogen (secondary N) is 1. The normalized spacial score (nSPS) is 12.7. The second-order valence-electron chi connectivity index (χ2n) is 5.06. The lowest BCUT2D eigenvalue weighted by atomic mass is 10.1. The fraction of sp³-hybridized carbons (Fsp3) is 0.667. The third-order valence-electron chi connectivity index (χ3n) is 3.25. The van der Waals surface area contributed by atoms with Gasteiger partial charge in [-0.05, 0) is 39.8 Å². The first-order chi connectivity index (χ1) is 9.11. The highest BCUT2D eigenvalue weighted by molar-refractivity contribution is 5.49. The molecule has 4 nitrogen and oxygen atoms in total. The van der Waals surface area contributed by atoms with Crippen LogP contribution >= 0.6 is 0 Å². The Kier molecular flexibility index (Phi) is 6.81. The quantitative estimate of drug-likeness (QED) is 0.757. The van der Waals surface area contributed by atoms with Gasteiger partial charge >= 0.3 is 0 Å². The molecule has 1 rings (SSSR count).